The minimum atomic E-state index is -0.296. The van der Waals surface area contributed by atoms with E-state index in [-0.39, 0.29) is 23.7 Å². The van der Waals surface area contributed by atoms with Crippen LogP contribution in [0.1, 0.15) is 23.5 Å². The number of aromatic nitrogens is 2. The van der Waals surface area contributed by atoms with Crippen LogP contribution in [0.5, 0.6) is 5.75 Å². The van der Waals surface area contributed by atoms with Gasteiger partial charge >= 0.3 is 0 Å². The van der Waals surface area contributed by atoms with E-state index in [0.29, 0.717) is 10.8 Å². The largest absolute Gasteiger partial charge is 0.506 e. The molecule has 1 aliphatic rings. The molecule has 0 spiro atoms. The maximum atomic E-state index is 13.5. The summed E-state index contributed by atoms with van der Waals surface area (Å²) in [6, 6.07) is 22.6. The van der Waals surface area contributed by atoms with Crippen molar-refractivity contribution in [2.45, 2.75) is 12.1 Å². The van der Waals surface area contributed by atoms with Crippen LogP contribution in [-0.4, -0.2) is 19.8 Å². The molecule has 0 amide bonds. The van der Waals surface area contributed by atoms with E-state index in [4.69, 9.17) is 12.2 Å². The molecule has 0 bridgehead atoms. The minimum absolute atomic E-state index is 0.137. The highest BCUT2D eigenvalue weighted by Crippen LogP contribution is 2.44. The molecule has 2 aromatic heterocycles. The van der Waals surface area contributed by atoms with E-state index in [2.05, 4.69) is 10.3 Å². The van der Waals surface area contributed by atoms with Crippen LogP contribution in [0.3, 0.4) is 0 Å². The summed E-state index contributed by atoms with van der Waals surface area (Å²) in [5, 5.41) is 14.5. The van der Waals surface area contributed by atoms with Crippen molar-refractivity contribution in [1.82, 2.24) is 14.9 Å². The number of aromatic hydroxyl groups is 1. The highest BCUT2D eigenvalue weighted by atomic mass is 32.1. The summed E-state index contributed by atoms with van der Waals surface area (Å²) in [5.41, 5.74) is 3.20. The van der Waals surface area contributed by atoms with E-state index in [1.807, 2.05) is 58.1 Å². The van der Waals surface area contributed by atoms with Crippen LogP contribution in [0.2, 0.25) is 0 Å². The van der Waals surface area contributed by atoms with Gasteiger partial charge in [0.15, 0.2) is 5.11 Å². The first-order chi connectivity index (χ1) is 15.1. The van der Waals surface area contributed by atoms with Crippen molar-refractivity contribution in [3.63, 3.8) is 0 Å². The van der Waals surface area contributed by atoms with Gasteiger partial charge in [-0.1, -0.05) is 18.2 Å². The number of halogens is 1. The van der Waals surface area contributed by atoms with Crippen LogP contribution in [0.15, 0.2) is 91.3 Å². The van der Waals surface area contributed by atoms with Crippen molar-refractivity contribution in [1.29, 1.82) is 0 Å². The predicted octanol–water partition coefficient (Wildman–Crippen LogP) is 4.89. The fraction of sp³-hybridized carbons (Fsp3) is 0.0833. The second-order valence-electron chi connectivity index (χ2n) is 7.26. The van der Waals surface area contributed by atoms with Crippen LogP contribution in [0, 0.1) is 5.82 Å². The molecule has 31 heavy (non-hydrogen) atoms. The summed E-state index contributed by atoms with van der Waals surface area (Å²) in [6.07, 6.45) is 3.68. The van der Waals surface area contributed by atoms with Gasteiger partial charge in [-0.2, -0.15) is 0 Å². The zero-order valence-corrected chi connectivity index (χ0v) is 17.2. The van der Waals surface area contributed by atoms with Crippen LogP contribution >= 0.6 is 12.2 Å². The Hall–Kier alpha value is -3.71. The first-order valence-corrected chi connectivity index (χ1v) is 10.3. The molecule has 0 radical (unpaired) electrons. The Morgan fingerprint density at radius 3 is 2.45 bits per heavy atom. The second-order valence-corrected chi connectivity index (χ2v) is 7.65. The number of hydrogen-bond donors (Lipinski definition) is 2. The van der Waals surface area contributed by atoms with Gasteiger partial charge in [-0.3, -0.25) is 4.98 Å². The van der Waals surface area contributed by atoms with Gasteiger partial charge in [0, 0.05) is 23.8 Å². The molecular formula is C24H19FN4OS. The first-order valence-electron chi connectivity index (χ1n) is 9.85. The van der Waals surface area contributed by atoms with Gasteiger partial charge in [-0.25, -0.2) is 4.39 Å². The molecule has 1 aliphatic heterocycles. The van der Waals surface area contributed by atoms with Gasteiger partial charge < -0.3 is 19.9 Å². The summed E-state index contributed by atoms with van der Waals surface area (Å²) in [5.74, 6) is -0.151. The Labute approximate surface area is 184 Å². The Bertz CT molecular complexity index is 1230. The average molecular weight is 431 g/mol. The van der Waals surface area contributed by atoms with Gasteiger partial charge in [0.25, 0.3) is 0 Å². The molecule has 5 nitrogen and oxygen atoms in total. The SMILES string of the molecule is Oc1ccccc1N1C(=S)N[C@H](c2ccccn2)[C@H]1c1cccn1-c1ccc(F)cc1. The number of phenolic OH excluding ortho intramolecular Hbond substituents is 1. The molecule has 2 aromatic carbocycles. The number of benzene rings is 2. The monoisotopic (exact) mass is 430 g/mol. The molecule has 1 saturated heterocycles. The topological polar surface area (TPSA) is 53.3 Å². The number of anilines is 1. The summed E-state index contributed by atoms with van der Waals surface area (Å²) in [6.45, 7) is 0. The maximum absolute atomic E-state index is 13.5. The Morgan fingerprint density at radius 1 is 0.935 bits per heavy atom. The van der Waals surface area contributed by atoms with E-state index in [1.54, 1.807) is 30.5 Å². The van der Waals surface area contributed by atoms with Crippen molar-refractivity contribution in [3.05, 3.63) is 108 Å². The molecule has 1 fully saturated rings. The number of nitrogens with zero attached hydrogens (tertiary/aromatic N) is 3. The number of rotatable bonds is 4. The molecule has 5 rings (SSSR count). The second kappa shape index (κ2) is 7.85. The molecule has 0 saturated carbocycles. The van der Waals surface area contributed by atoms with Gasteiger partial charge in [0.1, 0.15) is 17.6 Å². The minimum Gasteiger partial charge on any atom is -0.506 e. The number of pyridine rings is 1. The van der Waals surface area contributed by atoms with Crippen molar-refractivity contribution in [2.24, 2.45) is 0 Å². The molecular weight excluding hydrogens is 411 g/mol. The van der Waals surface area contributed by atoms with Gasteiger partial charge in [0.05, 0.1) is 17.4 Å². The normalized spacial score (nSPS) is 18.2. The summed E-state index contributed by atoms with van der Waals surface area (Å²) in [7, 11) is 0. The lowest BCUT2D eigenvalue weighted by atomic mass is 10.0. The van der Waals surface area contributed by atoms with E-state index in [1.165, 1.54) is 12.1 Å². The molecule has 0 unspecified atom stereocenters. The maximum Gasteiger partial charge on any atom is 0.174 e. The van der Waals surface area contributed by atoms with E-state index < -0.39 is 0 Å². The highest BCUT2D eigenvalue weighted by Gasteiger charge is 2.42. The molecule has 2 N–H and O–H groups in total. The Kier molecular flexibility index (Phi) is 4.88. The fourth-order valence-electron chi connectivity index (χ4n) is 4.05. The summed E-state index contributed by atoms with van der Waals surface area (Å²) < 4.78 is 15.5. The van der Waals surface area contributed by atoms with Crippen LogP contribution in [0.25, 0.3) is 5.69 Å². The average Bonchev–Trinajstić information content (AvgIpc) is 3.40. The zero-order valence-electron chi connectivity index (χ0n) is 16.4. The molecule has 4 aromatic rings. The molecule has 2 atom stereocenters. The summed E-state index contributed by atoms with van der Waals surface area (Å²) in [4.78, 5) is 6.47. The number of nitrogens with one attached hydrogen (secondary N) is 1. The van der Waals surface area contributed by atoms with Crippen molar-refractivity contribution in [3.8, 4) is 11.4 Å². The first kappa shape index (κ1) is 19.3. The van der Waals surface area contributed by atoms with Gasteiger partial charge in [-0.15, -0.1) is 0 Å². The standard InChI is InChI=1S/C24H19FN4OS/c25-16-10-12-17(13-11-16)28-15-5-8-20(28)23-22(18-6-3-4-14-26-18)27-24(31)29(23)19-7-1-2-9-21(19)30/h1-15,22-23,30H,(H,27,31)/t22-,23-/m1/s1. The quantitative estimate of drug-likeness (QED) is 0.452. The van der Waals surface area contributed by atoms with Crippen molar-refractivity contribution in [2.75, 3.05) is 4.90 Å². The third-order valence-corrected chi connectivity index (χ3v) is 5.74. The summed E-state index contributed by atoms with van der Waals surface area (Å²) >= 11 is 5.70. The van der Waals surface area contributed by atoms with Gasteiger partial charge in [-0.05, 0) is 72.9 Å². The number of para-hydroxylation sites is 2. The van der Waals surface area contributed by atoms with Crippen LogP contribution in [0.4, 0.5) is 10.1 Å². The van der Waals surface area contributed by atoms with Crippen molar-refractivity contribution >= 4 is 23.0 Å². The smallest absolute Gasteiger partial charge is 0.174 e. The van der Waals surface area contributed by atoms with Gasteiger partial charge in [0.2, 0.25) is 0 Å². The third kappa shape index (κ3) is 3.43. The number of thiocarbonyl (C=S) groups is 1. The molecule has 7 heteroatoms. The van der Waals surface area contributed by atoms with Crippen molar-refractivity contribution < 1.29 is 9.50 Å². The number of hydrogen-bond acceptors (Lipinski definition) is 3. The molecule has 154 valence electrons. The zero-order chi connectivity index (χ0) is 21.4. The number of phenols is 1. The predicted molar refractivity (Wildman–Crippen MR) is 122 cm³/mol. The lowest BCUT2D eigenvalue weighted by molar-refractivity contribution is 0.472. The van der Waals surface area contributed by atoms with Crippen LogP contribution in [-0.2, 0) is 0 Å². The lowest BCUT2D eigenvalue weighted by Crippen LogP contribution is -2.30. The highest BCUT2D eigenvalue weighted by molar-refractivity contribution is 7.80. The van der Waals surface area contributed by atoms with E-state index >= 15 is 0 Å². The van der Waals surface area contributed by atoms with E-state index in [9.17, 15) is 9.50 Å². The third-order valence-electron chi connectivity index (χ3n) is 5.43. The lowest BCUT2D eigenvalue weighted by Gasteiger charge is -2.29. The van der Waals surface area contributed by atoms with E-state index in [0.717, 1.165) is 17.1 Å². The fourth-order valence-corrected chi connectivity index (χ4v) is 4.39. The molecule has 0 aliphatic carbocycles. The van der Waals surface area contributed by atoms with Crippen LogP contribution < -0.4 is 10.2 Å². The Morgan fingerprint density at radius 2 is 1.71 bits per heavy atom. The Balaban J connectivity index is 1.68. The molecule has 3 heterocycles.